The van der Waals surface area contributed by atoms with Crippen LogP contribution >= 0.6 is 0 Å². The monoisotopic (exact) mass is 368 g/mol. The lowest BCUT2D eigenvalue weighted by Crippen LogP contribution is -2.54. The lowest BCUT2D eigenvalue weighted by molar-refractivity contribution is -0.142. The zero-order chi connectivity index (χ0) is 20.3. The molecule has 0 spiro atoms. The average molecular weight is 369 g/mol. The second kappa shape index (κ2) is 7.97. The van der Waals surface area contributed by atoms with Crippen molar-refractivity contribution in [2.75, 3.05) is 0 Å². The SMILES string of the molecule is CC(C)(C)CC(C)(C(=O)NC(=O)NC1CCC(C(=O)O)CC1)C(C)(C)C. The maximum atomic E-state index is 12.9. The molecule has 1 aliphatic rings. The van der Waals surface area contributed by atoms with E-state index in [-0.39, 0.29) is 28.7 Å². The maximum absolute atomic E-state index is 12.9. The van der Waals surface area contributed by atoms with Crippen LogP contribution in [0.5, 0.6) is 0 Å². The van der Waals surface area contributed by atoms with Crippen molar-refractivity contribution in [3.63, 3.8) is 0 Å². The highest BCUT2D eigenvalue weighted by atomic mass is 16.4. The second-order valence-electron chi connectivity index (χ2n) is 10.1. The molecule has 0 aromatic rings. The summed E-state index contributed by atoms with van der Waals surface area (Å²) in [6, 6.07) is -0.569. The van der Waals surface area contributed by atoms with E-state index < -0.39 is 17.4 Å². The summed E-state index contributed by atoms with van der Waals surface area (Å²) in [5.74, 6) is -1.36. The zero-order valence-corrected chi connectivity index (χ0v) is 17.4. The van der Waals surface area contributed by atoms with Crippen molar-refractivity contribution in [3.05, 3.63) is 0 Å². The summed E-state index contributed by atoms with van der Waals surface area (Å²) < 4.78 is 0. The van der Waals surface area contributed by atoms with E-state index in [0.717, 1.165) is 0 Å². The fourth-order valence-corrected chi connectivity index (χ4v) is 3.69. The van der Waals surface area contributed by atoms with Gasteiger partial charge in [0.15, 0.2) is 0 Å². The van der Waals surface area contributed by atoms with E-state index in [1.165, 1.54) is 0 Å². The van der Waals surface area contributed by atoms with Gasteiger partial charge in [-0.2, -0.15) is 0 Å². The third kappa shape index (κ3) is 5.99. The number of amides is 3. The van der Waals surface area contributed by atoms with Crippen LogP contribution in [0.4, 0.5) is 4.79 Å². The fourth-order valence-electron chi connectivity index (χ4n) is 3.69. The molecule has 0 bridgehead atoms. The summed E-state index contributed by atoms with van der Waals surface area (Å²) in [5, 5.41) is 14.4. The van der Waals surface area contributed by atoms with Gasteiger partial charge in [-0.05, 0) is 42.9 Å². The minimum atomic E-state index is -0.772. The molecule has 1 unspecified atom stereocenters. The number of aliphatic carboxylic acids is 1. The van der Waals surface area contributed by atoms with Crippen LogP contribution < -0.4 is 10.6 Å². The highest BCUT2D eigenvalue weighted by molar-refractivity contribution is 5.97. The number of urea groups is 1. The molecule has 1 aliphatic carbocycles. The number of carbonyl (C=O) groups excluding carboxylic acids is 2. The average Bonchev–Trinajstić information content (AvgIpc) is 2.44. The van der Waals surface area contributed by atoms with Gasteiger partial charge in [-0.15, -0.1) is 0 Å². The molecule has 0 radical (unpaired) electrons. The lowest BCUT2D eigenvalue weighted by atomic mass is 9.61. The van der Waals surface area contributed by atoms with Crippen molar-refractivity contribution < 1.29 is 19.5 Å². The largest absolute Gasteiger partial charge is 0.481 e. The minimum absolute atomic E-state index is 0.0505. The van der Waals surface area contributed by atoms with Crippen LogP contribution in [0.3, 0.4) is 0 Å². The Morgan fingerprint density at radius 3 is 1.81 bits per heavy atom. The molecule has 6 nitrogen and oxygen atoms in total. The quantitative estimate of drug-likeness (QED) is 0.700. The molecule has 1 atom stereocenters. The van der Waals surface area contributed by atoms with Crippen molar-refractivity contribution in [2.45, 2.75) is 86.6 Å². The maximum Gasteiger partial charge on any atom is 0.321 e. The fraction of sp³-hybridized carbons (Fsp3) is 0.850. The van der Waals surface area contributed by atoms with Gasteiger partial charge in [0.05, 0.1) is 11.3 Å². The molecule has 0 aromatic heterocycles. The molecule has 150 valence electrons. The van der Waals surface area contributed by atoms with Gasteiger partial charge in [0, 0.05) is 6.04 Å². The molecule has 3 N–H and O–H groups in total. The Morgan fingerprint density at radius 1 is 0.923 bits per heavy atom. The highest BCUT2D eigenvalue weighted by Crippen LogP contribution is 2.46. The molecule has 6 heteroatoms. The zero-order valence-electron chi connectivity index (χ0n) is 17.4. The molecule has 0 heterocycles. The number of carboxylic acids is 1. The van der Waals surface area contributed by atoms with Crippen molar-refractivity contribution >= 4 is 17.9 Å². The first-order chi connectivity index (χ1) is 11.7. The van der Waals surface area contributed by atoms with Gasteiger partial charge >= 0.3 is 12.0 Å². The summed E-state index contributed by atoms with van der Waals surface area (Å²) in [6.45, 7) is 14.2. The Kier molecular flexibility index (Phi) is 6.88. The third-order valence-corrected chi connectivity index (χ3v) is 5.68. The van der Waals surface area contributed by atoms with Gasteiger partial charge in [0.2, 0.25) is 5.91 Å². The Hall–Kier alpha value is -1.59. The van der Waals surface area contributed by atoms with Crippen LogP contribution in [0.1, 0.15) is 80.6 Å². The van der Waals surface area contributed by atoms with E-state index in [2.05, 4.69) is 31.4 Å². The van der Waals surface area contributed by atoms with E-state index in [0.29, 0.717) is 32.1 Å². The van der Waals surface area contributed by atoms with Crippen LogP contribution in [0.2, 0.25) is 0 Å². The molecule has 0 aromatic carbocycles. The number of carboxylic acid groups (broad SMARTS) is 1. The van der Waals surface area contributed by atoms with E-state index in [4.69, 9.17) is 5.11 Å². The third-order valence-electron chi connectivity index (χ3n) is 5.68. The summed E-state index contributed by atoms with van der Waals surface area (Å²) in [5.41, 5.74) is -1.04. The Balaban J connectivity index is 2.69. The molecule has 1 fully saturated rings. The molecule has 1 saturated carbocycles. The highest BCUT2D eigenvalue weighted by Gasteiger charge is 2.47. The van der Waals surface area contributed by atoms with Gasteiger partial charge in [-0.25, -0.2) is 4.79 Å². The first kappa shape index (κ1) is 22.5. The predicted molar refractivity (Wildman–Crippen MR) is 102 cm³/mol. The molecule has 0 saturated heterocycles. The van der Waals surface area contributed by atoms with E-state index in [1.54, 1.807) is 0 Å². The van der Waals surface area contributed by atoms with Crippen LogP contribution in [0.25, 0.3) is 0 Å². The van der Waals surface area contributed by atoms with E-state index in [9.17, 15) is 14.4 Å². The topological polar surface area (TPSA) is 95.5 Å². The number of nitrogens with one attached hydrogen (secondary N) is 2. The van der Waals surface area contributed by atoms with Crippen molar-refractivity contribution in [1.82, 2.24) is 10.6 Å². The molecule has 26 heavy (non-hydrogen) atoms. The van der Waals surface area contributed by atoms with E-state index >= 15 is 0 Å². The van der Waals surface area contributed by atoms with Gasteiger partial charge in [0.1, 0.15) is 0 Å². The van der Waals surface area contributed by atoms with Crippen molar-refractivity contribution in [1.29, 1.82) is 0 Å². The Bertz CT molecular complexity index is 537. The Labute approximate surface area is 157 Å². The smallest absolute Gasteiger partial charge is 0.321 e. The van der Waals surface area contributed by atoms with E-state index in [1.807, 2.05) is 27.7 Å². The Morgan fingerprint density at radius 2 is 1.42 bits per heavy atom. The number of hydrogen-bond donors (Lipinski definition) is 3. The van der Waals surface area contributed by atoms with Gasteiger partial charge in [0.25, 0.3) is 0 Å². The van der Waals surface area contributed by atoms with Crippen LogP contribution in [-0.2, 0) is 9.59 Å². The normalized spacial score (nSPS) is 23.7. The lowest BCUT2D eigenvalue weighted by Gasteiger charge is -2.44. The van der Waals surface area contributed by atoms with Crippen LogP contribution in [0.15, 0.2) is 0 Å². The standard InChI is InChI=1S/C20H36N2O4/c1-18(2,3)12-20(7,19(4,5)6)16(25)22-17(26)21-14-10-8-13(9-11-14)15(23)24/h13-14H,8-12H2,1-7H3,(H,23,24)(H2,21,22,25,26). The minimum Gasteiger partial charge on any atom is -0.481 e. The van der Waals surface area contributed by atoms with Crippen LogP contribution in [0, 0.1) is 22.2 Å². The number of hydrogen-bond acceptors (Lipinski definition) is 3. The van der Waals surface area contributed by atoms with Crippen molar-refractivity contribution in [2.24, 2.45) is 22.2 Å². The first-order valence-electron chi connectivity index (χ1n) is 9.50. The molecule has 0 aliphatic heterocycles. The first-order valence-corrected chi connectivity index (χ1v) is 9.50. The summed E-state index contributed by atoms with van der Waals surface area (Å²) in [4.78, 5) is 36.3. The van der Waals surface area contributed by atoms with Crippen LogP contribution in [-0.4, -0.2) is 29.1 Å². The summed E-state index contributed by atoms with van der Waals surface area (Å²) >= 11 is 0. The molecular formula is C20H36N2O4. The van der Waals surface area contributed by atoms with Gasteiger partial charge in [-0.3, -0.25) is 14.9 Å². The molecule has 1 rings (SSSR count). The number of rotatable bonds is 4. The van der Waals surface area contributed by atoms with Gasteiger partial charge < -0.3 is 10.4 Å². The number of imide groups is 1. The summed E-state index contributed by atoms with van der Waals surface area (Å²) in [7, 11) is 0. The summed E-state index contributed by atoms with van der Waals surface area (Å²) in [6.07, 6.45) is 3.01. The second-order valence-corrected chi connectivity index (χ2v) is 10.1. The predicted octanol–water partition coefficient (Wildman–Crippen LogP) is 3.94. The molecular weight excluding hydrogens is 332 g/mol. The number of carbonyl (C=O) groups is 3. The van der Waals surface area contributed by atoms with Gasteiger partial charge in [-0.1, -0.05) is 48.5 Å². The molecule has 3 amide bonds. The van der Waals surface area contributed by atoms with Crippen molar-refractivity contribution in [3.8, 4) is 0 Å².